The van der Waals surface area contributed by atoms with Crippen LogP contribution >= 0.6 is 11.3 Å². The Kier molecular flexibility index (Phi) is 5.76. The van der Waals surface area contributed by atoms with Crippen molar-refractivity contribution >= 4 is 38.7 Å². The van der Waals surface area contributed by atoms with Gasteiger partial charge in [0.15, 0.2) is 5.13 Å². The smallest absolute Gasteiger partial charge is 0.250 e. The standard InChI is InChI=1S/C21H20FN3O2S/c22-17-5-1-15(2-6-17)4-8-20(26)24-21-23-18-7-3-16(13-19(18)28-21)14-25-9-11-27-12-10-25/h1-8,13H,9-12,14H2,(H,23,24,26)/b8-4+. The SMILES string of the molecule is O=C(/C=C/c1ccc(F)cc1)Nc1nc2ccc(CN3CCOCC3)cc2s1. The molecule has 5 nitrogen and oxygen atoms in total. The Balaban J connectivity index is 1.40. The Labute approximate surface area is 166 Å². The lowest BCUT2D eigenvalue weighted by Gasteiger charge is -2.26. The monoisotopic (exact) mass is 397 g/mol. The van der Waals surface area contributed by atoms with E-state index in [9.17, 15) is 9.18 Å². The van der Waals surface area contributed by atoms with Gasteiger partial charge in [-0.05, 0) is 41.5 Å². The lowest BCUT2D eigenvalue weighted by atomic mass is 10.2. The van der Waals surface area contributed by atoms with Crippen LogP contribution in [-0.4, -0.2) is 42.1 Å². The minimum absolute atomic E-state index is 0.267. The lowest BCUT2D eigenvalue weighted by molar-refractivity contribution is -0.111. The fraction of sp³-hybridized carbons (Fsp3) is 0.238. The van der Waals surface area contributed by atoms with Crippen molar-refractivity contribution in [2.75, 3.05) is 31.6 Å². The zero-order chi connectivity index (χ0) is 19.3. The number of halogens is 1. The highest BCUT2D eigenvalue weighted by molar-refractivity contribution is 7.22. The van der Waals surface area contributed by atoms with Crippen molar-refractivity contribution in [2.24, 2.45) is 0 Å². The van der Waals surface area contributed by atoms with Crippen LogP contribution in [0.4, 0.5) is 9.52 Å². The predicted molar refractivity (Wildman–Crippen MR) is 110 cm³/mol. The van der Waals surface area contributed by atoms with Crippen molar-refractivity contribution in [3.8, 4) is 0 Å². The highest BCUT2D eigenvalue weighted by atomic mass is 32.1. The van der Waals surface area contributed by atoms with E-state index in [0.29, 0.717) is 5.13 Å². The number of nitrogens with zero attached hydrogens (tertiary/aromatic N) is 2. The molecule has 2 heterocycles. The number of anilines is 1. The second-order valence-electron chi connectivity index (χ2n) is 6.58. The summed E-state index contributed by atoms with van der Waals surface area (Å²) in [6.07, 6.45) is 3.06. The molecule has 144 valence electrons. The number of nitrogens with one attached hydrogen (secondary N) is 1. The fourth-order valence-electron chi connectivity index (χ4n) is 3.03. The first-order chi connectivity index (χ1) is 13.7. The molecule has 28 heavy (non-hydrogen) atoms. The van der Waals surface area contributed by atoms with Gasteiger partial charge in [0, 0.05) is 25.7 Å². The molecule has 7 heteroatoms. The van der Waals surface area contributed by atoms with E-state index >= 15 is 0 Å². The molecule has 1 amide bonds. The van der Waals surface area contributed by atoms with Crippen LogP contribution in [0.3, 0.4) is 0 Å². The van der Waals surface area contributed by atoms with Gasteiger partial charge in [-0.25, -0.2) is 9.37 Å². The molecule has 1 aromatic heterocycles. The first-order valence-electron chi connectivity index (χ1n) is 9.10. The second kappa shape index (κ2) is 8.60. The Hall–Kier alpha value is -2.61. The van der Waals surface area contributed by atoms with Gasteiger partial charge < -0.3 is 4.74 Å². The molecule has 0 radical (unpaired) electrons. The largest absolute Gasteiger partial charge is 0.379 e. The molecule has 3 aromatic rings. The number of fused-ring (bicyclic) bond motifs is 1. The number of rotatable bonds is 5. The Bertz CT molecular complexity index is 995. The number of carbonyl (C=O) groups is 1. The van der Waals surface area contributed by atoms with E-state index in [-0.39, 0.29) is 11.7 Å². The molecule has 2 aromatic carbocycles. The first-order valence-corrected chi connectivity index (χ1v) is 9.91. The third-order valence-electron chi connectivity index (χ3n) is 4.49. The van der Waals surface area contributed by atoms with Gasteiger partial charge in [-0.1, -0.05) is 29.5 Å². The summed E-state index contributed by atoms with van der Waals surface area (Å²) in [7, 11) is 0. The van der Waals surface area contributed by atoms with Crippen LogP contribution in [0.25, 0.3) is 16.3 Å². The summed E-state index contributed by atoms with van der Waals surface area (Å²) in [5, 5.41) is 3.36. The second-order valence-corrected chi connectivity index (χ2v) is 7.61. The maximum atomic E-state index is 12.9. The molecule has 1 aliphatic rings. The summed E-state index contributed by atoms with van der Waals surface area (Å²) in [5.41, 5.74) is 2.86. The number of thiazole rings is 1. The lowest BCUT2D eigenvalue weighted by Crippen LogP contribution is -2.35. The topological polar surface area (TPSA) is 54.5 Å². The molecule has 0 unspecified atom stereocenters. The Morgan fingerprint density at radius 3 is 2.79 bits per heavy atom. The number of morpholine rings is 1. The summed E-state index contributed by atoms with van der Waals surface area (Å²) >= 11 is 1.46. The van der Waals surface area contributed by atoms with E-state index in [1.54, 1.807) is 18.2 Å². The van der Waals surface area contributed by atoms with Gasteiger partial charge in [0.1, 0.15) is 5.82 Å². The van der Waals surface area contributed by atoms with Crippen molar-refractivity contribution in [3.63, 3.8) is 0 Å². The third-order valence-corrected chi connectivity index (χ3v) is 5.42. The minimum atomic E-state index is -0.302. The van der Waals surface area contributed by atoms with Gasteiger partial charge in [0.05, 0.1) is 23.4 Å². The number of ether oxygens (including phenoxy) is 1. The highest BCUT2D eigenvalue weighted by Gasteiger charge is 2.12. The number of hydrogen-bond acceptors (Lipinski definition) is 5. The van der Waals surface area contributed by atoms with E-state index in [1.165, 1.54) is 35.1 Å². The Morgan fingerprint density at radius 2 is 2.00 bits per heavy atom. The zero-order valence-corrected chi connectivity index (χ0v) is 16.0. The van der Waals surface area contributed by atoms with Gasteiger partial charge >= 0.3 is 0 Å². The van der Waals surface area contributed by atoms with Crippen molar-refractivity contribution < 1.29 is 13.9 Å². The minimum Gasteiger partial charge on any atom is -0.379 e. The predicted octanol–water partition coefficient (Wildman–Crippen LogP) is 3.92. The number of benzene rings is 2. The first kappa shape index (κ1) is 18.7. The maximum absolute atomic E-state index is 12.9. The highest BCUT2D eigenvalue weighted by Crippen LogP contribution is 2.27. The van der Waals surface area contributed by atoms with Crippen LogP contribution in [0.5, 0.6) is 0 Å². The number of amides is 1. The summed E-state index contributed by atoms with van der Waals surface area (Å²) in [6.45, 7) is 4.35. The molecule has 1 fully saturated rings. The maximum Gasteiger partial charge on any atom is 0.250 e. The van der Waals surface area contributed by atoms with Crippen LogP contribution in [0.2, 0.25) is 0 Å². The molecule has 0 saturated carbocycles. The van der Waals surface area contributed by atoms with Crippen molar-refractivity contribution in [2.45, 2.75) is 6.54 Å². The molecule has 0 atom stereocenters. The number of hydrogen-bond donors (Lipinski definition) is 1. The van der Waals surface area contributed by atoms with Crippen LogP contribution < -0.4 is 5.32 Å². The van der Waals surface area contributed by atoms with Crippen molar-refractivity contribution in [1.82, 2.24) is 9.88 Å². The van der Waals surface area contributed by atoms with Gasteiger partial charge in [0.2, 0.25) is 5.91 Å². The molecule has 4 rings (SSSR count). The summed E-state index contributed by atoms with van der Waals surface area (Å²) in [6, 6.07) is 12.2. The van der Waals surface area contributed by atoms with Crippen molar-refractivity contribution in [3.05, 3.63) is 65.5 Å². The molecule has 1 saturated heterocycles. The number of aromatic nitrogens is 1. The third kappa shape index (κ3) is 4.81. The summed E-state index contributed by atoms with van der Waals surface area (Å²) in [4.78, 5) is 19.0. The van der Waals surface area contributed by atoms with Gasteiger partial charge in [-0.2, -0.15) is 0 Å². The zero-order valence-electron chi connectivity index (χ0n) is 15.2. The van der Waals surface area contributed by atoms with E-state index < -0.39 is 0 Å². The van der Waals surface area contributed by atoms with Gasteiger partial charge in [-0.15, -0.1) is 0 Å². The van der Waals surface area contributed by atoms with Gasteiger partial charge in [0.25, 0.3) is 0 Å². The molecular weight excluding hydrogens is 377 g/mol. The van der Waals surface area contributed by atoms with Crippen LogP contribution in [0.1, 0.15) is 11.1 Å². The molecular formula is C21H20FN3O2S. The number of carbonyl (C=O) groups excluding carboxylic acids is 1. The quantitative estimate of drug-likeness (QED) is 0.663. The summed E-state index contributed by atoms with van der Waals surface area (Å²) < 4.78 is 19.3. The molecule has 1 N–H and O–H groups in total. The van der Waals surface area contributed by atoms with Crippen LogP contribution in [-0.2, 0) is 16.1 Å². The van der Waals surface area contributed by atoms with Crippen LogP contribution in [0.15, 0.2) is 48.5 Å². The average molecular weight is 397 g/mol. The van der Waals surface area contributed by atoms with Gasteiger partial charge in [-0.3, -0.25) is 15.0 Å². The van der Waals surface area contributed by atoms with E-state index in [4.69, 9.17) is 4.74 Å². The van der Waals surface area contributed by atoms with Crippen molar-refractivity contribution in [1.29, 1.82) is 0 Å². The molecule has 0 spiro atoms. The van der Waals surface area contributed by atoms with E-state index in [2.05, 4.69) is 27.3 Å². The molecule has 0 bridgehead atoms. The fourth-order valence-corrected chi connectivity index (χ4v) is 3.96. The average Bonchev–Trinajstić information content (AvgIpc) is 3.10. The van der Waals surface area contributed by atoms with Crippen LogP contribution in [0, 0.1) is 5.82 Å². The van der Waals surface area contributed by atoms with E-state index in [0.717, 1.165) is 48.6 Å². The normalized spacial score (nSPS) is 15.3. The molecule has 1 aliphatic heterocycles. The Morgan fingerprint density at radius 1 is 1.21 bits per heavy atom. The summed E-state index contributed by atoms with van der Waals surface area (Å²) in [5.74, 6) is -0.569. The molecule has 0 aliphatic carbocycles. The van der Waals surface area contributed by atoms with E-state index in [1.807, 2.05) is 6.07 Å².